The maximum Gasteiger partial charge on any atom is 0.239 e. The number of amides is 1. The van der Waals surface area contributed by atoms with E-state index < -0.39 is 0 Å². The highest BCUT2D eigenvalue weighted by Gasteiger charge is 2.39. The van der Waals surface area contributed by atoms with Crippen molar-refractivity contribution < 1.29 is 4.79 Å². The fourth-order valence-electron chi connectivity index (χ4n) is 3.41. The number of alkyl halides is 1. The minimum atomic E-state index is -0.283. The molecule has 1 saturated heterocycles. The molecule has 1 aliphatic rings. The van der Waals surface area contributed by atoms with Crippen LogP contribution in [0.25, 0.3) is 0 Å². The summed E-state index contributed by atoms with van der Waals surface area (Å²) in [7, 11) is 0. The second-order valence-electron chi connectivity index (χ2n) is 7.10. The molecule has 0 spiro atoms. The van der Waals surface area contributed by atoms with Crippen LogP contribution in [0.15, 0.2) is 60.7 Å². The lowest BCUT2D eigenvalue weighted by Gasteiger charge is -2.22. The molecule has 1 heterocycles. The van der Waals surface area contributed by atoms with Crippen molar-refractivity contribution in [2.75, 3.05) is 6.54 Å². The van der Waals surface area contributed by atoms with Crippen LogP contribution < -0.4 is 16.2 Å². The van der Waals surface area contributed by atoms with Gasteiger partial charge in [0.2, 0.25) is 5.91 Å². The lowest BCUT2D eigenvalue weighted by atomic mass is 9.91. The summed E-state index contributed by atoms with van der Waals surface area (Å²) >= 11 is 3.68. The van der Waals surface area contributed by atoms with Gasteiger partial charge in [0.25, 0.3) is 0 Å². The van der Waals surface area contributed by atoms with Gasteiger partial charge in [0, 0.05) is 18.5 Å². The predicted octanol–water partition coefficient (Wildman–Crippen LogP) is 3.20. The first-order valence-corrected chi connectivity index (χ1v) is 10.0. The van der Waals surface area contributed by atoms with Gasteiger partial charge in [-0.05, 0) is 17.0 Å². The molecule has 138 valence electrons. The van der Waals surface area contributed by atoms with Crippen LogP contribution in [0.2, 0.25) is 0 Å². The predicted molar refractivity (Wildman–Crippen MR) is 109 cm³/mol. The first-order valence-electron chi connectivity index (χ1n) is 9.10. The molecule has 0 bridgehead atoms. The van der Waals surface area contributed by atoms with E-state index in [0.717, 1.165) is 0 Å². The minimum absolute atomic E-state index is 0.0133. The zero-order valence-electron chi connectivity index (χ0n) is 15.2. The third kappa shape index (κ3) is 4.34. The van der Waals surface area contributed by atoms with Gasteiger partial charge in [-0.15, -0.1) is 0 Å². The van der Waals surface area contributed by atoms with Crippen LogP contribution in [-0.2, 0) is 4.79 Å². The first-order chi connectivity index (χ1) is 12.6. The highest BCUT2D eigenvalue weighted by molar-refractivity contribution is 9.09. The van der Waals surface area contributed by atoms with E-state index in [1.165, 1.54) is 11.1 Å². The highest BCUT2D eigenvalue weighted by atomic mass is 79.9. The van der Waals surface area contributed by atoms with E-state index in [1.807, 2.05) is 36.4 Å². The third-order valence-corrected chi connectivity index (χ3v) is 6.05. The molecule has 4 nitrogen and oxygen atoms in total. The quantitative estimate of drug-likeness (QED) is 0.634. The van der Waals surface area contributed by atoms with Gasteiger partial charge in [-0.2, -0.15) is 0 Å². The fourth-order valence-corrected chi connectivity index (χ4v) is 4.52. The molecular weight excluding hydrogens is 390 g/mol. The Morgan fingerprint density at radius 1 is 1.00 bits per heavy atom. The number of halogens is 1. The molecule has 1 aliphatic heterocycles. The van der Waals surface area contributed by atoms with Crippen molar-refractivity contribution in [2.45, 2.75) is 36.7 Å². The molecule has 3 rings (SSSR count). The SMILES string of the molecule is CC(C)C1NNC(C(=O)NCC(c2ccccc2)c2ccccc2)C1Br. The van der Waals surface area contributed by atoms with E-state index in [-0.39, 0.29) is 28.7 Å². The van der Waals surface area contributed by atoms with Gasteiger partial charge in [-0.3, -0.25) is 10.2 Å². The van der Waals surface area contributed by atoms with Gasteiger partial charge in [0.15, 0.2) is 0 Å². The van der Waals surface area contributed by atoms with Crippen molar-refractivity contribution in [2.24, 2.45) is 5.92 Å². The van der Waals surface area contributed by atoms with E-state index in [2.05, 4.69) is 70.2 Å². The van der Waals surface area contributed by atoms with Crippen molar-refractivity contribution >= 4 is 21.8 Å². The maximum absolute atomic E-state index is 12.7. The van der Waals surface area contributed by atoms with Crippen LogP contribution >= 0.6 is 15.9 Å². The Morgan fingerprint density at radius 3 is 2.00 bits per heavy atom. The van der Waals surface area contributed by atoms with Crippen molar-refractivity contribution in [1.29, 1.82) is 0 Å². The van der Waals surface area contributed by atoms with Gasteiger partial charge < -0.3 is 5.32 Å². The molecule has 1 fully saturated rings. The third-order valence-electron chi connectivity index (χ3n) is 4.95. The second kappa shape index (κ2) is 8.80. The largest absolute Gasteiger partial charge is 0.354 e. The topological polar surface area (TPSA) is 53.2 Å². The van der Waals surface area contributed by atoms with Crippen LogP contribution in [0, 0.1) is 5.92 Å². The molecule has 5 heteroatoms. The number of carbonyl (C=O) groups excluding carboxylic acids is 1. The van der Waals surface area contributed by atoms with Crippen LogP contribution in [0.1, 0.15) is 30.9 Å². The molecule has 0 saturated carbocycles. The van der Waals surface area contributed by atoms with Gasteiger partial charge in [-0.1, -0.05) is 90.4 Å². The van der Waals surface area contributed by atoms with Crippen LogP contribution in [0.4, 0.5) is 0 Å². The molecule has 26 heavy (non-hydrogen) atoms. The molecule has 2 aromatic carbocycles. The molecule has 3 atom stereocenters. The van der Waals surface area contributed by atoms with E-state index in [0.29, 0.717) is 12.5 Å². The van der Waals surface area contributed by atoms with E-state index >= 15 is 0 Å². The molecular formula is C21H26BrN3O. The summed E-state index contributed by atoms with van der Waals surface area (Å²) < 4.78 is 0. The monoisotopic (exact) mass is 415 g/mol. The molecule has 0 aromatic heterocycles. The van der Waals surface area contributed by atoms with Gasteiger partial charge in [-0.25, -0.2) is 5.43 Å². The standard InChI is InChI=1S/C21H26BrN3O/c1-14(2)19-18(22)20(25-24-19)21(26)23-13-17(15-9-5-3-6-10-15)16-11-7-4-8-12-16/h3-12,14,17-20,24-25H,13H2,1-2H3,(H,23,26). The van der Waals surface area contributed by atoms with Crippen molar-refractivity contribution in [3.8, 4) is 0 Å². The van der Waals surface area contributed by atoms with Crippen molar-refractivity contribution in [1.82, 2.24) is 16.2 Å². The number of hydrazine groups is 1. The number of benzene rings is 2. The lowest BCUT2D eigenvalue weighted by molar-refractivity contribution is -0.122. The Hall–Kier alpha value is -1.69. The van der Waals surface area contributed by atoms with Gasteiger partial charge >= 0.3 is 0 Å². The average molecular weight is 416 g/mol. The van der Waals surface area contributed by atoms with Crippen LogP contribution in [-0.4, -0.2) is 29.4 Å². The first kappa shape index (κ1) is 19.1. The zero-order valence-corrected chi connectivity index (χ0v) is 16.7. The summed E-state index contributed by atoms with van der Waals surface area (Å²) in [5.74, 6) is 0.579. The molecule has 2 aromatic rings. The summed E-state index contributed by atoms with van der Waals surface area (Å²) in [6.07, 6.45) is 0. The molecule has 3 N–H and O–H groups in total. The summed E-state index contributed by atoms with van der Waals surface area (Å²) in [6, 6.07) is 20.6. The number of hydrogen-bond acceptors (Lipinski definition) is 3. The molecule has 0 radical (unpaired) electrons. The van der Waals surface area contributed by atoms with E-state index in [4.69, 9.17) is 0 Å². The summed E-state index contributed by atoms with van der Waals surface area (Å²) in [5.41, 5.74) is 8.76. The Bertz CT molecular complexity index is 668. The van der Waals surface area contributed by atoms with Crippen molar-refractivity contribution in [3.63, 3.8) is 0 Å². The Labute approximate surface area is 163 Å². The fraction of sp³-hybridized carbons (Fsp3) is 0.381. The van der Waals surface area contributed by atoms with Gasteiger partial charge in [0.05, 0.1) is 4.83 Å². The summed E-state index contributed by atoms with van der Waals surface area (Å²) in [5, 5.41) is 3.14. The number of nitrogens with one attached hydrogen (secondary N) is 3. The Morgan fingerprint density at radius 2 is 1.54 bits per heavy atom. The smallest absolute Gasteiger partial charge is 0.239 e. The molecule has 3 unspecified atom stereocenters. The normalized spacial score (nSPS) is 22.7. The second-order valence-corrected chi connectivity index (χ2v) is 8.16. The summed E-state index contributed by atoms with van der Waals surface area (Å²) in [4.78, 5) is 12.8. The number of hydrogen-bond donors (Lipinski definition) is 3. The summed E-state index contributed by atoms with van der Waals surface area (Å²) in [6.45, 7) is 4.86. The Balaban J connectivity index is 1.70. The van der Waals surface area contributed by atoms with Crippen LogP contribution in [0.3, 0.4) is 0 Å². The van der Waals surface area contributed by atoms with Gasteiger partial charge in [0.1, 0.15) is 6.04 Å². The maximum atomic E-state index is 12.7. The zero-order chi connectivity index (χ0) is 18.5. The molecule has 1 amide bonds. The Kier molecular flexibility index (Phi) is 6.46. The average Bonchev–Trinajstić information content (AvgIpc) is 3.05. The highest BCUT2D eigenvalue weighted by Crippen LogP contribution is 2.25. The van der Waals surface area contributed by atoms with E-state index in [1.54, 1.807) is 0 Å². The number of carbonyl (C=O) groups is 1. The van der Waals surface area contributed by atoms with E-state index in [9.17, 15) is 4.79 Å². The van der Waals surface area contributed by atoms with Crippen molar-refractivity contribution in [3.05, 3.63) is 71.8 Å². The lowest BCUT2D eigenvalue weighted by Crippen LogP contribution is -2.47. The minimum Gasteiger partial charge on any atom is -0.354 e. The molecule has 0 aliphatic carbocycles. The van der Waals surface area contributed by atoms with Crippen LogP contribution in [0.5, 0.6) is 0 Å². The number of rotatable bonds is 6.